The van der Waals surface area contributed by atoms with E-state index in [9.17, 15) is 9.59 Å². The molecule has 2 aliphatic rings. The molecule has 168 valence electrons. The third-order valence-electron chi connectivity index (χ3n) is 6.26. The lowest BCUT2D eigenvalue weighted by molar-refractivity contribution is -0.131. The lowest BCUT2D eigenvalue weighted by atomic mass is 9.89. The SMILES string of the molecule is Cc1ccc(Nc2nc(N)nc(CN3C(=O)N[C@@](C)(c4ccc5c(c4)CCC5)C3=O)n2)cc1. The van der Waals surface area contributed by atoms with Gasteiger partial charge in [-0.1, -0.05) is 35.9 Å². The van der Waals surface area contributed by atoms with E-state index in [1.807, 2.05) is 43.3 Å². The van der Waals surface area contributed by atoms with Crippen LogP contribution in [-0.2, 0) is 29.7 Å². The Balaban J connectivity index is 1.38. The Kier molecular flexibility index (Phi) is 4.96. The van der Waals surface area contributed by atoms with Gasteiger partial charge in [-0.3, -0.25) is 9.69 Å². The van der Waals surface area contributed by atoms with Crippen molar-refractivity contribution in [2.45, 2.75) is 45.2 Å². The molecule has 1 fully saturated rings. The number of imide groups is 1. The van der Waals surface area contributed by atoms with Gasteiger partial charge in [0.1, 0.15) is 5.54 Å². The predicted molar refractivity (Wildman–Crippen MR) is 124 cm³/mol. The number of aryl methyl sites for hydroxylation is 3. The molecule has 0 bridgehead atoms. The van der Waals surface area contributed by atoms with Gasteiger partial charge in [0.25, 0.3) is 5.91 Å². The highest BCUT2D eigenvalue weighted by Gasteiger charge is 2.49. The summed E-state index contributed by atoms with van der Waals surface area (Å²) >= 11 is 0. The van der Waals surface area contributed by atoms with Crippen LogP contribution in [0.3, 0.4) is 0 Å². The Labute approximate surface area is 191 Å². The van der Waals surface area contributed by atoms with Crippen molar-refractivity contribution in [2.75, 3.05) is 11.1 Å². The van der Waals surface area contributed by atoms with Crippen LogP contribution >= 0.6 is 0 Å². The molecule has 1 aliphatic heterocycles. The summed E-state index contributed by atoms with van der Waals surface area (Å²) < 4.78 is 0. The molecule has 9 nitrogen and oxygen atoms in total. The number of benzene rings is 2. The average Bonchev–Trinajstić information content (AvgIpc) is 3.33. The fourth-order valence-electron chi connectivity index (χ4n) is 4.39. The van der Waals surface area contributed by atoms with E-state index in [1.54, 1.807) is 6.92 Å². The van der Waals surface area contributed by atoms with Gasteiger partial charge in [-0.05, 0) is 61.9 Å². The van der Waals surface area contributed by atoms with Gasteiger partial charge in [0.15, 0.2) is 5.82 Å². The van der Waals surface area contributed by atoms with E-state index >= 15 is 0 Å². The number of nitrogens with one attached hydrogen (secondary N) is 2. The van der Waals surface area contributed by atoms with E-state index in [-0.39, 0.29) is 30.2 Å². The zero-order valence-electron chi connectivity index (χ0n) is 18.6. The number of rotatable bonds is 5. The van der Waals surface area contributed by atoms with Crippen molar-refractivity contribution in [1.29, 1.82) is 0 Å². The predicted octanol–water partition coefficient (Wildman–Crippen LogP) is 2.96. The number of amides is 3. The Bertz CT molecular complexity index is 1260. The number of nitrogen functional groups attached to an aromatic ring is 1. The zero-order chi connectivity index (χ0) is 23.2. The van der Waals surface area contributed by atoms with Crippen molar-refractivity contribution in [2.24, 2.45) is 0 Å². The van der Waals surface area contributed by atoms with Crippen molar-refractivity contribution in [3.63, 3.8) is 0 Å². The minimum atomic E-state index is -1.14. The highest BCUT2D eigenvalue weighted by atomic mass is 16.2. The first-order chi connectivity index (χ1) is 15.8. The summed E-state index contributed by atoms with van der Waals surface area (Å²) in [4.78, 5) is 39.9. The van der Waals surface area contributed by atoms with Crippen molar-refractivity contribution >= 4 is 29.5 Å². The minimum absolute atomic E-state index is 0.00282. The molecule has 3 aromatic rings. The summed E-state index contributed by atoms with van der Waals surface area (Å²) in [6.45, 7) is 3.62. The molecule has 0 unspecified atom stereocenters. The van der Waals surface area contributed by atoms with E-state index in [0.717, 1.165) is 41.0 Å². The summed E-state index contributed by atoms with van der Waals surface area (Å²) in [5.41, 5.74) is 9.97. The largest absolute Gasteiger partial charge is 0.368 e. The molecule has 1 aromatic heterocycles. The fraction of sp³-hybridized carbons (Fsp3) is 0.292. The summed E-state index contributed by atoms with van der Waals surface area (Å²) in [5, 5.41) is 5.93. The van der Waals surface area contributed by atoms with Gasteiger partial charge in [0.05, 0.1) is 6.54 Å². The lowest BCUT2D eigenvalue weighted by Crippen LogP contribution is -2.41. The molecule has 5 rings (SSSR count). The first-order valence-corrected chi connectivity index (χ1v) is 10.9. The summed E-state index contributed by atoms with van der Waals surface area (Å²) in [6.07, 6.45) is 3.16. The summed E-state index contributed by atoms with van der Waals surface area (Å²) in [5.74, 6) is 0.120. The topological polar surface area (TPSA) is 126 Å². The quantitative estimate of drug-likeness (QED) is 0.518. The average molecular weight is 444 g/mol. The molecule has 1 aliphatic carbocycles. The van der Waals surface area contributed by atoms with Crippen LogP contribution in [0, 0.1) is 6.92 Å². The Morgan fingerprint density at radius 2 is 1.82 bits per heavy atom. The van der Waals surface area contributed by atoms with Gasteiger partial charge in [0.2, 0.25) is 11.9 Å². The van der Waals surface area contributed by atoms with Crippen LogP contribution in [0.1, 0.15) is 41.4 Å². The van der Waals surface area contributed by atoms with Gasteiger partial charge in [-0.15, -0.1) is 0 Å². The number of aromatic nitrogens is 3. The Hall–Kier alpha value is -4.01. The number of urea groups is 1. The Morgan fingerprint density at radius 1 is 1.06 bits per heavy atom. The monoisotopic (exact) mass is 443 g/mol. The minimum Gasteiger partial charge on any atom is -0.368 e. The second-order valence-corrected chi connectivity index (χ2v) is 8.71. The van der Waals surface area contributed by atoms with Crippen LogP contribution in [0.25, 0.3) is 0 Å². The van der Waals surface area contributed by atoms with Crippen molar-refractivity contribution in [3.8, 4) is 0 Å². The zero-order valence-corrected chi connectivity index (χ0v) is 18.6. The Morgan fingerprint density at radius 3 is 2.61 bits per heavy atom. The van der Waals surface area contributed by atoms with Crippen LogP contribution in [-0.4, -0.2) is 31.8 Å². The molecule has 0 radical (unpaired) electrons. The molecule has 33 heavy (non-hydrogen) atoms. The molecule has 1 atom stereocenters. The third kappa shape index (κ3) is 3.86. The maximum Gasteiger partial charge on any atom is 0.325 e. The van der Waals surface area contributed by atoms with Crippen LogP contribution in [0.5, 0.6) is 0 Å². The van der Waals surface area contributed by atoms with E-state index < -0.39 is 11.6 Å². The molecule has 2 aromatic carbocycles. The molecule has 9 heteroatoms. The van der Waals surface area contributed by atoms with Crippen LogP contribution in [0.15, 0.2) is 42.5 Å². The van der Waals surface area contributed by atoms with E-state index in [1.165, 1.54) is 11.1 Å². The number of nitrogens with two attached hydrogens (primary N) is 1. The molecule has 0 spiro atoms. The van der Waals surface area contributed by atoms with Gasteiger partial charge in [0, 0.05) is 5.69 Å². The maximum absolute atomic E-state index is 13.4. The number of carbonyl (C=O) groups is 2. The molecular formula is C24H25N7O2. The number of hydrogen-bond acceptors (Lipinski definition) is 7. The first kappa shape index (κ1) is 20.9. The van der Waals surface area contributed by atoms with E-state index in [2.05, 4.69) is 31.7 Å². The third-order valence-corrected chi connectivity index (χ3v) is 6.26. The second-order valence-electron chi connectivity index (χ2n) is 8.71. The van der Waals surface area contributed by atoms with Crippen molar-refractivity contribution < 1.29 is 9.59 Å². The molecule has 4 N–H and O–H groups in total. The molecule has 2 heterocycles. The molecule has 3 amide bonds. The number of nitrogens with zero attached hydrogens (tertiary/aromatic N) is 4. The number of hydrogen-bond donors (Lipinski definition) is 3. The normalized spacial score (nSPS) is 19.5. The summed E-state index contributed by atoms with van der Waals surface area (Å²) in [6, 6.07) is 13.2. The van der Waals surface area contributed by atoms with E-state index in [4.69, 9.17) is 5.73 Å². The van der Waals surface area contributed by atoms with Gasteiger partial charge in [-0.2, -0.15) is 15.0 Å². The van der Waals surface area contributed by atoms with Crippen LogP contribution in [0.2, 0.25) is 0 Å². The van der Waals surface area contributed by atoms with Gasteiger partial charge >= 0.3 is 6.03 Å². The highest BCUT2D eigenvalue weighted by molar-refractivity contribution is 6.07. The first-order valence-electron chi connectivity index (χ1n) is 10.9. The van der Waals surface area contributed by atoms with Crippen LogP contribution in [0.4, 0.5) is 22.4 Å². The molecular weight excluding hydrogens is 418 g/mol. The van der Waals surface area contributed by atoms with Crippen molar-refractivity contribution in [3.05, 3.63) is 70.5 Å². The van der Waals surface area contributed by atoms with Gasteiger partial charge < -0.3 is 16.4 Å². The number of anilines is 3. The van der Waals surface area contributed by atoms with Crippen molar-refractivity contribution in [1.82, 2.24) is 25.2 Å². The number of carbonyl (C=O) groups excluding carboxylic acids is 2. The summed E-state index contributed by atoms with van der Waals surface area (Å²) in [7, 11) is 0. The molecule has 0 saturated carbocycles. The fourth-order valence-corrected chi connectivity index (χ4v) is 4.39. The van der Waals surface area contributed by atoms with E-state index in [0.29, 0.717) is 0 Å². The maximum atomic E-state index is 13.4. The lowest BCUT2D eigenvalue weighted by Gasteiger charge is -2.23. The van der Waals surface area contributed by atoms with Crippen LogP contribution < -0.4 is 16.4 Å². The second kappa shape index (κ2) is 7.84. The highest BCUT2D eigenvalue weighted by Crippen LogP contribution is 2.33. The standard InChI is InChI=1S/C24H25N7O2/c1-14-6-10-18(11-7-14)26-22-28-19(27-21(25)29-22)13-31-20(32)24(2,30-23(31)33)17-9-8-15-4-3-5-16(15)12-17/h6-12H,3-5,13H2,1-2H3,(H,30,33)(H3,25,26,27,28,29)/t24-/m0/s1. The number of fused-ring (bicyclic) bond motifs is 1. The smallest absolute Gasteiger partial charge is 0.325 e. The van der Waals surface area contributed by atoms with Gasteiger partial charge in [-0.25, -0.2) is 4.79 Å². The molecule has 1 saturated heterocycles.